The lowest BCUT2D eigenvalue weighted by Gasteiger charge is -2.05. The van der Waals surface area contributed by atoms with E-state index in [1.54, 1.807) is 0 Å². The van der Waals surface area contributed by atoms with Crippen LogP contribution in [0, 0.1) is 5.82 Å². The zero-order valence-corrected chi connectivity index (χ0v) is 7.94. The van der Waals surface area contributed by atoms with Gasteiger partial charge in [0.25, 0.3) is 0 Å². The second-order valence-corrected chi connectivity index (χ2v) is 2.86. The Kier molecular flexibility index (Phi) is 4.20. The van der Waals surface area contributed by atoms with Gasteiger partial charge in [-0.25, -0.2) is 9.18 Å². The van der Waals surface area contributed by atoms with E-state index in [1.165, 1.54) is 18.2 Å². The van der Waals surface area contributed by atoms with Crippen LogP contribution in [0.15, 0.2) is 18.2 Å². The molecule has 0 saturated carbocycles. The van der Waals surface area contributed by atoms with Crippen molar-refractivity contribution >= 4 is 5.97 Å². The number of hydrogen-bond acceptors (Lipinski definition) is 3. The molecule has 0 unspecified atom stereocenters. The van der Waals surface area contributed by atoms with E-state index in [2.05, 4.69) is 0 Å². The molecule has 0 aliphatic heterocycles. The largest absolute Gasteiger partial charge is 0.478 e. The fraction of sp³-hybridized carbons (Fsp3) is 0.300. The van der Waals surface area contributed by atoms with Crippen molar-refractivity contribution in [2.75, 3.05) is 13.2 Å². The van der Waals surface area contributed by atoms with Gasteiger partial charge in [0.05, 0.1) is 25.4 Å². The average Bonchev–Trinajstić information content (AvgIpc) is 2.20. The van der Waals surface area contributed by atoms with Crippen molar-refractivity contribution in [3.05, 3.63) is 35.1 Å². The fourth-order valence-corrected chi connectivity index (χ4v) is 1.10. The topological polar surface area (TPSA) is 66.8 Å². The number of hydrogen-bond donors (Lipinski definition) is 2. The lowest BCUT2D eigenvalue weighted by molar-refractivity contribution is 0.0686. The number of aliphatic hydroxyl groups excluding tert-OH is 1. The Bertz CT molecular complexity index is 351. The first kappa shape index (κ1) is 11.6. The van der Waals surface area contributed by atoms with Gasteiger partial charge in [-0.05, 0) is 6.07 Å². The van der Waals surface area contributed by atoms with Crippen molar-refractivity contribution in [2.45, 2.75) is 6.61 Å². The fourth-order valence-electron chi connectivity index (χ4n) is 1.10. The van der Waals surface area contributed by atoms with Gasteiger partial charge in [-0.1, -0.05) is 12.1 Å². The average molecular weight is 214 g/mol. The molecular formula is C10H11FO4. The Labute approximate surface area is 85.9 Å². The third kappa shape index (κ3) is 3.00. The SMILES string of the molecule is O=C(O)c1cccc(COCCO)c1F. The summed E-state index contributed by atoms with van der Waals surface area (Å²) in [5.41, 5.74) is -0.205. The second kappa shape index (κ2) is 5.43. The molecule has 0 saturated heterocycles. The van der Waals surface area contributed by atoms with Crippen LogP contribution in [-0.4, -0.2) is 29.4 Å². The summed E-state index contributed by atoms with van der Waals surface area (Å²) in [5.74, 6) is -2.10. The molecule has 82 valence electrons. The highest BCUT2D eigenvalue weighted by Gasteiger charge is 2.13. The minimum atomic E-state index is -1.31. The van der Waals surface area contributed by atoms with E-state index in [4.69, 9.17) is 14.9 Å². The minimum Gasteiger partial charge on any atom is -0.478 e. The third-order valence-electron chi connectivity index (χ3n) is 1.80. The maximum absolute atomic E-state index is 13.4. The van der Waals surface area contributed by atoms with Gasteiger partial charge in [-0.15, -0.1) is 0 Å². The quantitative estimate of drug-likeness (QED) is 0.718. The van der Waals surface area contributed by atoms with Gasteiger partial charge in [0, 0.05) is 5.56 Å². The first-order valence-corrected chi connectivity index (χ1v) is 4.36. The highest BCUT2D eigenvalue weighted by molar-refractivity contribution is 5.88. The zero-order chi connectivity index (χ0) is 11.3. The number of benzene rings is 1. The van der Waals surface area contributed by atoms with E-state index in [1.807, 2.05) is 0 Å². The highest BCUT2D eigenvalue weighted by atomic mass is 19.1. The van der Waals surface area contributed by atoms with Crippen LogP contribution >= 0.6 is 0 Å². The van der Waals surface area contributed by atoms with Crippen molar-refractivity contribution in [3.8, 4) is 0 Å². The molecular weight excluding hydrogens is 203 g/mol. The Morgan fingerprint density at radius 3 is 2.80 bits per heavy atom. The number of ether oxygens (including phenoxy) is 1. The number of rotatable bonds is 5. The van der Waals surface area contributed by atoms with Gasteiger partial charge in [0.2, 0.25) is 0 Å². The maximum Gasteiger partial charge on any atom is 0.338 e. The maximum atomic E-state index is 13.4. The van der Waals surface area contributed by atoms with Crippen LogP contribution in [0.1, 0.15) is 15.9 Å². The second-order valence-electron chi connectivity index (χ2n) is 2.86. The highest BCUT2D eigenvalue weighted by Crippen LogP contribution is 2.13. The number of halogens is 1. The molecule has 4 nitrogen and oxygen atoms in total. The summed E-state index contributed by atoms with van der Waals surface area (Å²) in [6.45, 7) is -0.107. The molecule has 5 heteroatoms. The van der Waals surface area contributed by atoms with Gasteiger partial charge in [0.15, 0.2) is 0 Å². The molecule has 1 aromatic carbocycles. The summed E-state index contributed by atoms with van der Waals surface area (Å²) in [7, 11) is 0. The van der Waals surface area contributed by atoms with Crippen LogP contribution in [0.5, 0.6) is 0 Å². The van der Waals surface area contributed by atoms with Crippen molar-refractivity contribution in [1.29, 1.82) is 0 Å². The summed E-state index contributed by atoms with van der Waals surface area (Å²) in [6, 6.07) is 4.08. The van der Waals surface area contributed by atoms with Crippen LogP contribution in [0.25, 0.3) is 0 Å². The Morgan fingerprint density at radius 2 is 2.20 bits per heavy atom. The Hall–Kier alpha value is -1.46. The first-order valence-electron chi connectivity index (χ1n) is 4.36. The van der Waals surface area contributed by atoms with E-state index in [0.717, 1.165) is 0 Å². The molecule has 0 aliphatic carbocycles. The van der Waals surface area contributed by atoms with E-state index in [9.17, 15) is 9.18 Å². The lowest BCUT2D eigenvalue weighted by Crippen LogP contribution is -2.06. The smallest absolute Gasteiger partial charge is 0.338 e. The zero-order valence-electron chi connectivity index (χ0n) is 7.94. The molecule has 0 aliphatic rings. The van der Waals surface area contributed by atoms with Gasteiger partial charge >= 0.3 is 5.97 Å². The molecule has 1 aromatic rings. The van der Waals surface area contributed by atoms with Gasteiger partial charge in [-0.2, -0.15) is 0 Å². The van der Waals surface area contributed by atoms with E-state index >= 15 is 0 Å². The van der Waals surface area contributed by atoms with Gasteiger partial charge in [0.1, 0.15) is 5.82 Å². The number of carbonyl (C=O) groups is 1. The van der Waals surface area contributed by atoms with Crippen LogP contribution in [0.2, 0.25) is 0 Å². The predicted octanol–water partition coefficient (Wildman–Crippen LogP) is 1.03. The van der Waals surface area contributed by atoms with Crippen LogP contribution in [-0.2, 0) is 11.3 Å². The van der Waals surface area contributed by atoms with Crippen LogP contribution in [0.3, 0.4) is 0 Å². The molecule has 0 spiro atoms. The molecule has 0 radical (unpaired) electrons. The van der Waals surface area contributed by atoms with Crippen molar-refractivity contribution in [3.63, 3.8) is 0 Å². The Balaban J connectivity index is 2.80. The van der Waals surface area contributed by atoms with E-state index < -0.39 is 11.8 Å². The lowest BCUT2D eigenvalue weighted by atomic mass is 10.1. The van der Waals surface area contributed by atoms with Gasteiger partial charge in [-0.3, -0.25) is 0 Å². The van der Waals surface area contributed by atoms with Gasteiger partial charge < -0.3 is 14.9 Å². The molecule has 0 amide bonds. The van der Waals surface area contributed by atoms with Crippen molar-refractivity contribution in [1.82, 2.24) is 0 Å². The monoisotopic (exact) mass is 214 g/mol. The van der Waals surface area contributed by atoms with E-state index in [-0.39, 0.29) is 30.9 Å². The summed E-state index contributed by atoms with van der Waals surface area (Å²) in [5, 5.41) is 17.1. The van der Waals surface area contributed by atoms with Crippen LogP contribution < -0.4 is 0 Å². The molecule has 0 aromatic heterocycles. The van der Waals surface area contributed by atoms with Crippen molar-refractivity contribution < 1.29 is 24.1 Å². The number of aromatic carboxylic acids is 1. The number of aliphatic hydroxyl groups is 1. The molecule has 0 fully saturated rings. The molecule has 0 bridgehead atoms. The summed E-state index contributed by atoms with van der Waals surface area (Å²) >= 11 is 0. The summed E-state index contributed by atoms with van der Waals surface area (Å²) < 4.78 is 18.3. The molecule has 0 heterocycles. The molecule has 15 heavy (non-hydrogen) atoms. The summed E-state index contributed by atoms with van der Waals surface area (Å²) in [6.07, 6.45) is 0. The molecule has 2 N–H and O–H groups in total. The normalized spacial score (nSPS) is 10.3. The number of carboxylic acids is 1. The Morgan fingerprint density at radius 1 is 1.47 bits per heavy atom. The summed E-state index contributed by atoms with van der Waals surface area (Å²) in [4.78, 5) is 10.6. The molecule has 1 rings (SSSR count). The van der Waals surface area contributed by atoms with E-state index in [0.29, 0.717) is 0 Å². The molecule has 0 atom stereocenters. The number of carboxylic acid groups (broad SMARTS) is 1. The first-order chi connectivity index (χ1) is 7.16. The third-order valence-corrected chi connectivity index (χ3v) is 1.80. The standard InChI is InChI=1S/C10H11FO4/c11-9-7(6-15-5-4-12)2-1-3-8(9)10(13)14/h1-3,12H,4-6H2,(H,13,14). The minimum absolute atomic E-state index is 0.0481. The predicted molar refractivity (Wildman–Crippen MR) is 50.1 cm³/mol. The van der Waals surface area contributed by atoms with Crippen LogP contribution in [0.4, 0.5) is 4.39 Å². The van der Waals surface area contributed by atoms with Crippen molar-refractivity contribution in [2.24, 2.45) is 0 Å².